The van der Waals surface area contributed by atoms with Gasteiger partial charge in [-0.1, -0.05) is 30.3 Å². The lowest BCUT2D eigenvalue weighted by Crippen LogP contribution is -2.56. The van der Waals surface area contributed by atoms with Gasteiger partial charge >= 0.3 is 6.18 Å². The van der Waals surface area contributed by atoms with E-state index in [1.54, 1.807) is 53.6 Å². The standard InChI is InChI=1S/C27H27F3N6O3/c28-27(29,30)26(8-9-26)32-21(37)16-36-22(17-4-2-1-3-5-17)33-25(24(36)39)10-12-35(13-11-25)23(38)18-6-7-20-19(14-18)15-31-34-20/h1-7,14-15,22,33H,8-13,16H2,(H,31,34)(H,32,37). The molecule has 3 fully saturated rings. The molecule has 0 radical (unpaired) electrons. The second-order valence-electron chi connectivity index (χ2n) is 10.6. The molecule has 12 heteroatoms. The minimum absolute atomic E-state index is 0.156. The number of hydrogen-bond donors (Lipinski definition) is 3. The lowest BCUT2D eigenvalue weighted by atomic mass is 9.87. The Morgan fingerprint density at radius 2 is 1.77 bits per heavy atom. The maximum absolute atomic E-state index is 13.8. The van der Waals surface area contributed by atoms with Crippen LogP contribution < -0.4 is 10.6 Å². The largest absolute Gasteiger partial charge is 0.411 e. The molecule has 1 atom stereocenters. The molecule has 204 valence electrons. The van der Waals surface area contributed by atoms with Crippen LogP contribution in [-0.2, 0) is 9.59 Å². The summed E-state index contributed by atoms with van der Waals surface area (Å²) in [5.74, 6) is -1.35. The van der Waals surface area contributed by atoms with Crippen LogP contribution in [0.3, 0.4) is 0 Å². The van der Waals surface area contributed by atoms with Gasteiger partial charge < -0.3 is 15.1 Å². The number of halogens is 3. The number of likely N-dealkylation sites (tertiary alicyclic amines) is 1. The molecule has 1 aliphatic carbocycles. The molecule has 1 saturated carbocycles. The third kappa shape index (κ3) is 4.42. The zero-order chi connectivity index (χ0) is 27.4. The normalized spacial score (nSPS) is 21.9. The Morgan fingerprint density at radius 3 is 2.44 bits per heavy atom. The molecule has 6 rings (SSSR count). The highest BCUT2D eigenvalue weighted by molar-refractivity contribution is 5.98. The van der Waals surface area contributed by atoms with E-state index >= 15 is 0 Å². The predicted octanol–water partition coefficient (Wildman–Crippen LogP) is 2.88. The number of rotatable bonds is 5. The van der Waals surface area contributed by atoms with E-state index < -0.39 is 35.9 Å². The van der Waals surface area contributed by atoms with Crippen molar-refractivity contribution in [2.75, 3.05) is 19.6 Å². The van der Waals surface area contributed by atoms with Crippen molar-refractivity contribution in [2.45, 2.75) is 49.1 Å². The minimum Gasteiger partial charge on any atom is -0.340 e. The van der Waals surface area contributed by atoms with Gasteiger partial charge in [-0.2, -0.15) is 18.3 Å². The van der Waals surface area contributed by atoms with Gasteiger partial charge in [0.2, 0.25) is 11.8 Å². The molecular formula is C27H27F3N6O3. The van der Waals surface area contributed by atoms with Gasteiger partial charge in [-0.3, -0.25) is 24.8 Å². The Bertz CT molecular complexity index is 1430. The maximum atomic E-state index is 13.8. The lowest BCUT2D eigenvalue weighted by Gasteiger charge is -2.38. The number of benzene rings is 2. The number of carbonyl (C=O) groups is 3. The summed E-state index contributed by atoms with van der Waals surface area (Å²) in [5, 5.41) is 13.2. The van der Waals surface area contributed by atoms with Crippen LogP contribution in [0.5, 0.6) is 0 Å². The molecule has 1 aromatic heterocycles. The lowest BCUT2D eigenvalue weighted by molar-refractivity contribution is -0.170. The van der Waals surface area contributed by atoms with E-state index in [2.05, 4.69) is 20.8 Å². The van der Waals surface area contributed by atoms with Gasteiger partial charge in [0.25, 0.3) is 5.91 Å². The maximum Gasteiger partial charge on any atom is 0.411 e. The first kappa shape index (κ1) is 25.4. The van der Waals surface area contributed by atoms with E-state index in [4.69, 9.17) is 0 Å². The molecule has 1 unspecified atom stereocenters. The Balaban J connectivity index is 1.19. The van der Waals surface area contributed by atoms with Crippen molar-refractivity contribution in [1.29, 1.82) is 0 Å². The van der Waals surface area contributed by atoms with E-state index in [0.29, 0.717) is 31.5 Å². The van der Waals surface area contributed by atoms with Crippen LogP contribution in [0.4, 0.5) is 13.2 Å². The first-order chi connectivity index (χ1) is 18.6. The number of aromatic nitrogens is 2. The molecule has 3 N–H and O–H groups in total. The van der Waals surface area contributed by atoms with E-state index in [1.165, 1.54) is 4.90 Å². The predicted molar refractivity (Wildman–Crippen MR) is 134 cm³/mol. The second kappa shape index (κ2) is 9.08. The summed E-state index contributed by atoms with van der Waals surface area (Å²) >= 11 is 0. The third-order valence-corrected chi connectivity index (χ3v) is 8.09. The molecule has 3 aliphatic rings. The molecule has 2 aliphatic heterocycles. The van der Waals surface area contributed by atoms with Crippen LogP contribution in [-0.4, -0.2) is 74.6 Å². The van der Waals surface area contributed by atoms with Crippen molar-refractivity contribution in [3.8, 4) is 0 Å². The van der Waals surface area contributed by atoms with Crippen LogP contribution in [0, 0.1) is 0 Å². The molecule has 2 saturated heterocycles. The summed E-state index contributed by atoms with van der Waals surface area (Å²) in [6, 6.07) is 14.3. The molecule has 2 aromatic carbocycles. The molecule has 3 aromatic rings. The number of nitrogens with zero attached hydrogens (tertiary/aromatic N) is 3. The number of hydrogen-bond acceptors (Lipinski definition) is 5. The highest BCUT2D eigenvalue weighted by Gasteiger charge is 2.64. The molecule has 3 heterocycles. The average Bonchev–Trinajstić information content (AvgIpc) is 3.49. The quantitative estimate of drug-likeness (QED) is 0.461. The van der Waals surface area contributed by atoms with Gasteiger partial charge in [0.15, 0.2) is 0 Å². The Hall–Kier alpha value is -3.93. The number of aromatic amines is 1. The van der Waals surface area contributed by atoms with Gasteiger partial charge in [-0.15, -0.1) is 0 Å². The van der Waals surface area contributed by atoms with Crippen LogP contribution in [0.1, 0.15) is 47.8 Å². The van der Waals surface area contributed by atoms with Crippen molar-refractivity contribution >= 4 is 28.6 Å². The molecule has 0 bridgehead atoms. The monoisotopic (exact) mass is 540 g/mol. The van der Waals surface area contributed by atoms with Crippen molar-refractivity contribution in [3.63, 3.8) is 0 Å². The molecule has 1 spiro atoms. The smallest absolute Gasteiger partial charge is 0.340 e. The summed E-state index contributed by atoms with van der Waals surface area (Å²) in [5.41, 5.74) is -1.17. The average molecular weight is 541 g/mol. The zero-order valence-corrected chi connectivity index (χ0v) is 20.9. The number of amides is 3. The topological polar surface area (TPSA) is 110 Å². The fourth-order valence-electron chi connectivity index (χ4n) is 5.63. The number of H-pyrrole nitrogens is 1. The van der Waals surface area contributed by atoms with Gasteiger partial charge in [0, 0.05) is 24.0 Å². The van der Waals surface area contributed by atoms with E-state index in [-0.39, 0.29) is 24.7 Å². The van der Waals surface area contributed by atoms with E-state index in [9.17, 15) is 27.6 Å². The van der Waals surface area contributed by atoms with Crippen LogP contribution in [0.25, 0.3) is 10.9 Å². The summed E-state index contributed by atoms with van der Waals surface area (Å²) in [6.07, 6.45) is -3.31. The van der Waals surface area contributed by atoms with Crippen LogP contribution >= 0.6 is 0 Å². The van der Waals surface area contributed by atoms with Crippen molar-refractivity contribution < 1.29 is 27.6 Å². The van der Waals surface area contributed by atoms with Crippen LogP contribution in [0.2, 0.25) is 0 Å². The van der Waals surface area contributed by atoms with Crippen molar-refractivity contribution in [3.05, 3.63) is 65.9 Å². The fourth-order valence-corrected chi connectivity index (χ4v) is 5.63. The highest BCUT2D eigenvalue weighted by atomic mass is 19.4. The van der Waals surface area contributed by atoms with Gasteiger partial charge in [0.05, 0.1) is 11.7 Å². The number of alkyl halides is 3. The molecule has 39 heavy (non-hydrogen) atoms. The Kier molecular flexibility index (Phi) is 5.90. The minimum atomic E-state index is -4.54. The van der Waals surface area contributed by atoms with E-state index in [0.717, 1.165) is 16.5 Å². The third-order valence-electron chi connectivity index (χ3n) is 8.09. The van der Waals surface area contributed by atoms with Gasteiger partial charge in [-0.05, 0) is 49.4 Å². The Labute approximate surface area is 221 Å². The Morgan fingerprint density at radius 1 is 1.05 bits per heavy atom. The summed E-state index contributed by atoms with van der Waals surface area (Å²) in [7, 11) is 0. The summed E-state index contributed by atoms with van der Waals surface area (Å²) in [4.78, 5) is 42.8. The van der Waals surface area contributed by atoms with Crippen molar-refractivity contribution in [1.82, 2.24) is 30.6 Å². The number of piperidine rings is 1. The fraction of sp³-hybridized carbons (Fsp3) is 0.407. The van der Waals surface area contributed by atoms with Gasteiger partial charge in [0.1, 0.15) is 23.8 Å². The van der Waals surface area contributed by atoms with E-state index in [1.807, 2.05) is 6.07 Å². The van der Waals surface area contributed by atoms with Gasteiger partial charge in [-0.25, -0.2) is 0 Å². The zero-order valence-electron chi connectivity index (χ0n) is 20.9. The highest BCUT2D eigenvalue weighted by Crippen LogP contribution is 2.49. The first-order valence-corrected chi connectivity index (χ1v) is 12.8. The second-order valence-corrected chi connectivity index (χ2v) is 10.6. The number of fused-ring (bicyclic) bond motifs is 1. The molecular weight excluding hydrogens is 513 g/mol. The molecule has 9 nitrogen and oxygen atoms in total. The summed E-state index contributed by atoms with van der Waals surface area (Å²) in [6.45, 7) is 0.109. The molecule has 3 amide bonds. The first-order valence-electron chi connectivity index (χ1n) is 12.8. The number of carbonyl (C=O) groups excluding carboxylic acids is 3. The SMILES string of the molecule is O=C(CN1C(=O)C2(CCN(C(=O)c3ccc4[nH]ncc4c3)CC2)NC1c1ccccc1)NC1(C(F)(F)F)CC1. The summed E-state index contributed by atoms with van der Waals surface area (Å²) < 4.78 is 40.2. The van der Waals surface area contributed by atoms with Crippen LogP contribution in [0.15, 0.2) is 54.7 Å². The van der Waals surface area contributed by atoms with Crippen molar-refractivity contribution in [2.24, 2.45) is 0 Å². The number of nitrogens with one attached hydrogen (secondary N) is 3.